The van der Waals surface area contributed by atoms with E-state index >= 15 is 0 Å². The highest BCUT2D eigenvalue weighted by Crippen LogP contribution is 2.30. The fraction of sp³-hybridized carbons (Fsp3) is 0.400. The number of hydrogen-bond acceptors (Lipinski definition) is 1. The van der Waals surface area contributed by atoms with Crippen LogP contribution < -0.4 is 0 Å². The predicted octanol–water partition coefficient (Wildman–Crippen LogP) is 3.38. The molecule has 0 saturated carbocycles. The largest absolute Gasteiger partial charge is 0.416 e. The predicted molar refractivity (Wildman–Crippen MR) is 46.7 cm³/mol. The van der Waals surface area contributed by atoms with E-state index in [-0.39, 0.29) is 12.2 Å². The number of alkyl halides is 3. The second-order valence-corrected chi connectivity index (χ2v) is 2.94. The van der Waals surface area contributed by atoms with Crippen LogP contribution in [0.2, 0.25) is 0 Å². The van der Waals surface area contributed by atoms with Gasteiger partial charge in [-0.15, -0.1) is 0 Å². The van der Waals surface area contributed by atoms with Crippen molar-refractivity contribution in [2.75, 3.05) is 6.61 Å². The number of benzene rings is 1. The van der Waals surface area contributed by atoms with Gasteiger partial charge in [0.1, 0.15) is 5.82 Å². The van der Waals surface area contributed by atoms with Crippen LogP contribution in [0.15, 0.2) is 18.2 Å². The molecule has 0 saturated heterocycles. The lowest BCUT2D eigenvalue weighted by Gasteiger charge is -2.08. The van der Waals surface area contributed by atoms with Gasteiger partial charge in [0.2, 0.25) is 0 Å². The average Bonchev–Trinajstić information content (AvgIpc) is 2.14. The van der Waals surface area contributed by atoms with E-state index in [0.717, 1.165) is 12.1 Å². The molecule has 0 unspecified atom stereocenters. The van der Waals surface area contributed by atoms with E-state index in [0.29, 0.717) is 12.7 Å². The van der Waals surface area contributed by atoms with Gasteiger partial charge in [0.05, 0.1) is 12.2 Å². The Bertz CT molecular complexity index is 333. The third kappa shape index (κ3) is 3.20. The van der Waals surface area contributed by atoms with Crippen LogP contribution in [0.5, 0.6) is 0 Å². The second kappa shape index (κ2) is 4.61. The highest BCUT2D eigenvalue weighted by Gasteiger charge is 2.31. The molecule has 0 aromatic heterocycles. The monoisotopic (exact) mass is 222 g/mol. The van der Waals surface area contributed by atoms with Crippen LogP contribution in [0.3, 0.4) is 0 Å². The third-order valence-electron chi connectivity index (χ3n) is 1.84. The molecule has 1 nitrogen and oxygen atoms in total. The Morgan fingerprint density at radius 1 is 1.27 bits per heavy atom. The van der Waals surface area contributed by atoms with Crippen molar-refractivity contribution >= 4 is 0 Å². The maximum absolute atomic E-state index is 13.1. The van der Waals surface area contributed by atoms with Crippen molar-refractivity contribution < 1.29 is 22.3 Å². The van der Waals surface area contributed by atoms with Crippen LogP contribution in [0, 0.1) is 5.82 Å². The van der Waals surface area contributed by atoms with E-state index < -0.39 is 17.6 Å². The number of halogens is 4. The zero-order valence-electron chi connectivity index (χ0n) is 8.07. The lowest BCUT2D eigenvalue weighted by Crippen LogP contribution is -2.06. The van der Waals surface area contributed by atoms with Gasteiger partial charge in [-0.2, -0.15) is 13.2 Å². The highest BCUT2D eigenvalue weighted by molar-refractivity contribution is 5.25. The summed E-state index contributed by atoms with van der Waals surface area (Å²) in [5.74, 6) is -0.890. The molecule has 1 rings (SSSR count). The van der Waals surface area contributed by atoms with Crippen LogP contribution in [0.4, 0.5) is 17.6 Å². The van der Waals surface area contributed by atoms with Crippen molar-refractivity contribution in [3.63, 3.8) is 0 Å². The molecule has 0 aliphatic heterocycles. The van der Waals surface area contributed by atoms with Gasteiger partial charge < -0.3 is 4.74 Å². The molecular formula is C10H10F4O. The van der Waals surface area contributed by atoms with Gasteiger partial charge in [-0.1, -0.05) is 6.07 Å². The summed E-state index contributed by atoms with van der Waals surface area (Å²) in [6, 6.07) is 2.42. The normalized spacial score (nSPS) is 11.8. The Hall–Kier alpha value is -1.10. The molecule has 1 aromatic rings. The lowest BCUT2D eigenvalue weighted by molar-refractivity contribution is -0.137. The molecule has 84 valence electrons. The fourth-order valence-electron chi connectivity index (χ4n) is 1.05. The number of rotatable bonds is 3. The zero-order chi connectivity index (χ0) is 11.5. The smallest absolute Gasteiger partial charge is 0.377 e. The zero-order valence-corrected chi connectivity index (χ0v) is 8.07. The van der Waals surface area contributed by atoms with Crippen molar-refractivity contribution in [1.82, 2.24) is 0 Å². The van der Waals surface area contributed by atoms with E-state index in [9.17, 15) is 17.6 Å². The van der Waals surface area contributed by atoms with E-state index in [2.05, 4.69) is 0 Å². The standard InChI is InChI=1S/C10H10F4O/c1-2-15-6-7-3-4-8(5-9(7)11)10(12,13)14/h3-5H,2,6H2,1H3. The molecule has 0 heterocycles. The lowest BCUT2D eigenvalue weighted by atomic mass is 10.1. The van der Waals surface area contributed by atoms with Crippen molar-refractivity contribution in [3.8, 4) is 0 Å². The van der Waals surface area contributed by atoms with E-state index in [1.807, 2.05) is 0 Å². The van der Waals surface area contributed by atoms with E-state index in [1.165, 1.54) is 0 Å². The quantitative estimate of drug-likeness (QED) is 0.712. The summed E-state index contributed by atoms with van der Waals surface area (Å²) < 4.78 is 54.5. The first-order chi connectivity index (χ1) is 6.95. The Morgan fingerprint density at radius 2 is 1.93 bits per heavy atom. The first-order valence-electron chi connectivity index (χ1n) is 4.38. The van der Waals surface area contributed by atoms with Crippen LogP contribution in [-0.2, 0) is 17.5 Å². The first kappa shape index (κ1) is 12.0. The Morgan fingerprint density at radius 3 is 2.40 bits per heavy atom. The molecule has 5 heteroatoms. The fourth-order valence-corrected chi connectivity index (χ4v) is 1.05. The maximum Gasteiger partial charge on any atom is 0.416 e. The van der Waals surface area contributed by atoms with Gasteiger partial charge in [0.15, 0.2) is 0 Å². The van der Waals surface area contributed by atoms with Gasteiger partial charge in [0.25, 0.3) is 0 Å². The molecule has 15 heavy (non-hydrogen) atoms. The molecule has 0 aliphatic carbocycles. The van der Waals surface area contributed by atoms with E-state index in [1.54, 1.807) is 6.92 Å². The Kier molecular flexibility index (Phi) is 3.68. The van der Waals surface area contributed by atoms with Crippen molar-refractivity contribution in [1.29, 1.82) is 0 Å². The average molecular weight is 222 g/mol. The molecule has 0 atom stereocenters. The molecule has 0 N–H and O–H groups in total. The van der Waals surface area contributed by atoms with Gasteiger partial charge >= 0.3 is 6.18 Å². The van der Waals surface area contributed by atoms with Crippen molar-refractivity contribution in [3.05, 3.63) is 35.1 Å². The van der Waals surface area contributed by atoms with Crippen molar-refractivity contribution in [2.24, 2.45) is 0 Å². The van der Waals surface area contributed by atoms with Gasteiger partial charge in [0, 0.05) is 12.2 Å². The summed E-state index contributed by atoms with van der Waals surface area (Å²) in [5.41, 5.74) is -0.856. The van der Waals surface area contributed by atoms with Crippen LogP contribution in [0.25, 0.3) is 0 Å². The van der Waals surface area contributed by atoms with Crippen molar-refractivity contribution in [2.45, 2.75) is 19.7 Å². The Balaban J connectivity index is 2.88. The summed E-state index contributed by atoms with van der Waals surface area (Å²) in [5, 5.41) is 0. The van der Waals surface area contributed by atoms with Gasteiger partial charge in [-0.25, -0.2) is 4.39 Å². The molecule has 1 aromatic carbocycles. The Labute approximate surface area is 84.7 Å². The van der Waals surface area contributed by atoms with Gasteiger partial charge in [-0.3, -0.25) is 0 Å². The van der Waals surface area contributed by atoms with Crippen LogP contribution >= 0.6 is 0 Å². The summed E-state index contributed by atoms with van der Waals surface area (Å²) >= 11 is 0. The third-order valence-corrected chi connectivity index (χ3v) is 1.84. The molecule has 0 fully saturated rings. The second-order valence-electron chi connectivity index (χ2n) is 2.94. The topological polar surface area (TPSA) is 9.23 Å². The summed E-state index contributed by atoms with van der Waals surface area (Å²) in [6.07, 6.45) is -4.51. The maximum atomic E-state index is 13.1. The summed E-state index contributed by atoms with van der Waals surface area (Å²) in [6.45, 7) is 2.10. The first-order valence-corrected chi connectivity index (χ1v) is 4.38. The summed E-state index contributed by atoms with van der Waals surface area (Å²) in [7, 11) is 0. The minimum absolute atomic E-state index is 0.0134. The van der Waals surface area contributed by atoms with E-state index in [4.69, 9.17) is 4.74 Å². The van der Waals surface area contributed by atoms with Gasteiger partial charge in [-0.05, 0) is 19.1 Å². The highest BCUT2D eigenvalue weighted by atomic mass is 19.4. The molecule has 0 aliphatic rings. The molecule has 0 amide bonds. The van der Waals surface area contributed by atoms with Crippen LogP contribution in [-0.4, -0.2) is 6.61 Å². The number of ether oxygens (including phenoxy) is 1. The molecule has 0 bridgehead atoms. The number of hydrogen-bond donors (Lipinski definition) is 0. The molecule has 0 spiro atoms. The van der Waals surface area contributed by atoms with Crippen LogP contribution in [0.1, 0.15) is 18.1 Å². The molecule has 0 radical (unpaired) electrons. The minimum atomic E-state index is -4.51. The minimum Gasteiger partial charge on any atom is -0.377 e. The molecular weight excluding hydrogens is 212 g/mol. The SMILES string of the molecule is CCOCc1ccc(C(F)(F)F)cc1F. The summed E-state index contributed by atoms with van der Waals surface area (Å²) in [4.78, 5) is 0.